The highest BCUT2D eigenvalue weighted by Crippen LogP contribution is 2.43. The molecule has 0 aliphatic heterocycles. The molecule has 59 heavy (non-hydrogen) atoms. The number of hydrogen-bond donors (Lipinski definition) is 0. The van der Waals surface area contributed by atoms with Crippen molar-refractivity contribution in [3.8, 4) is 33.4 Å². The standard InChI is InChI=1S/C58H34O/c1-2-11-39-32-57-55(31-38(39)10-1)56-33-53-50-16-8-7-15-49(50)52-30-40(23-26-51(52)54(53)34-58(56)59-57)35-17-19-37(20-18-35)44-27-28-46(48-14-6-5-13-47(44)48)42-24-25-45-41(29-42)22-21-36-9-3-4-12-43(36)45/h1-34H. The minimum Gasteiger partial charge on any atom is -0.456 e. The maximum atomic E-state index is 6.55. The highest BCUT2D eigenvalue weighted by Gasteiger charge is 2.16. The van der Waals surface area contributed by atoms with Gasteiger partial charge in [-0.05, 0) is 145 Å². The molecule has 0 atom stereocenters. The lowest BCUT2D eigenvalue weighted by molar-refractivity contribution is 0.670. The van der Waals surface area contributed by atoms with E-state index in [9.17, 15) is 0 Å². The van der Waals surface area contributed by atoms with Crippen LogP contribution in [0.5, 0.6) is 0 Å². The maximum Gasteiger partial charge on any atom is 0.136 e. The topological polar surface area (TPSA) is 13.1 Å². The summed E-state index contributed by atoms with van der Waals surface area (Å²) in [6.45, 7) is 0. The molecule has 0 aliphatic rings. The van der Waals surface area contributed by atoms with Crippen LogP contribution in [-0.2, 0) is 0 Å². The van der Waals surface area contributed by atoms with E-state index in [0.29, 0.717) is 0 Å². The van der Waals surface area contributed by atoms with Gasteiger partial charge in [0.25, 0.3) is 0 Å². The van der Waals surface area contributed by atoms with Gasteiger partial charge in [0, 0.05) is 10.8 Å². The van der Waals surface area contributed by atoms with Gasteiger partial charge < -0.3 is 4.42 Å². The Morgan fingerprint density at radius 1 is 0.203 bits per heavy atom. The lowest BCUT2D eigenvalue weighted by Gasteiger charge is -2.14. The van der Waals surface area contributed by atoms with Crippen LogP contribution in [-0.4, -0.2) is 0 Å². The van der Waals surface area contributed by atoms with Gasteiger partial charge in [0.15, 0.2) is 0 Å². The van der Waals surface area contributed by atoms with E-state index in [2.05, 4.69) is 206 Å². The van der Waals surface area contributed by atoms with Crippen molar-refractivity contribution in [3.63, 3.8) is 0 Å². The van der Waals surface area contributed by atoms with E-state index in [1.54, 1.807) is 0 Å². The summed E-state index contributed by atoms with van der Waals surface area (Å²) in [5, 5.41) is 19.8. The van der Waals surface area contributed by atoms with Crippen LogP contribution in [0.1, 0.15) is 0 Å². The molecule has 0 amide bonds. The Labute approximate surface area is 340 Å². The van der Waals surface area contributed by atoms with Crippen molar-refractivity contribution in [3.05, 3.63) is 206 Å². The molecule has 1 heteroatoms. The van der Waals surface area contributed by atoms with Crippen molar-refractivity contribution in [2.24, 2.45) is 0 Å². The minimum absolute atomic E-state index is 0.922. The van der Waals surface area contributed by atoms with Crippen molar-refractivity contribution >= 4 is 97.3 Å². The van der Waals surface area contributed by atoms with Crippen LogP contribution in [0.2, 0.25) is 0 Å². The fourth-order valence-corrected chi connectivity index (χ4v) is 9.91. The third-order valence-corrected chi connectivity index (χ3v) is 12.8. The molecule has 1 aromatic heterocycles. The molecule has 1 nitrogen and oxygen atoms in total. The zero-order chi connectivity index (χ0) is 38.6. The third-order valence-electron chi connectivity index (χ3n) is 12.8. The molecule has 0 radical (unpaired) electrons. The molecule has 1 heterocycles. The second-order valence-corrected chi connectivity index (χ2v) is 16.0. The molecular formula is C58H34O. The molecule has 0 aliphatic carbocycles. The van der Waals surface area contributed by atoms with Gasteiger partial charge >= 0.3 is 0 Å². The van der Waals surface area contributed by atoms with Crippen LogP contribution in [0.15, 0.2) is 211 Å². The van der Waals surface area contributed by atoms with Gasteiger partial charge in [-0.25, -0.2) is 0 Å². The molecule has 0 saturated heterocycles. The van der Waals surface area contributed by atoms with Crippen LogP contribution >= 0.6 is 0 Å². The van der Waals surface area contributed by atoms with Gasteiger partial charge in [0.2, 0.25) is 0 Å². The van der Waals surface area contributed by atoms with E-state index in [-0.39, 0.29) is 0 Å². The molecule has 0 bridgehead atoms. The Bertz CT molecular complexity index is 3890. The summed E-state index contributed by atoms with van der Waals surface area (Å²) in [5.74, 6) is 0. The van der Waals surface area contributed by atoms with Crippen LogP contribution in [0, 0.1) is 0 Å². The van der Waals surface area contributed by atoms with E-state index in [4.69, 9.17) is 4.42 Å². The first-order valence-electron chi connectivity index (χ1n) is 20.4. The largest absolute Gasteiger partial charge is 0.456 e. The van der Waals surface area contributed by atoms with E-state index >= 15 is 0 Å². The number of hydrogen-bond acceptors (Lipinski definition) is 1. The maximum absolute atomic E-state index is 6.55. The lowest BCUT2D eigenvalue weighted by atomic mass is 9.89. The fourth-order valence-electron chi connectivity index (χ4n) is 9.91. The van der Waals surface area contributed by atoms with Gasteiger partial charge in [-0.2, -0.15) is 0 Å². The predicted molar refractivity (Wildman–Crippen MR) is 253 cm³/mol. The summed E-state index contributed by atoms with van der Waals surface area (Å²) >= 11 is 0. The van der Waals surface area contributed by atoms with Crippen LogP contribution in [0.25, 0.3) is 131 Å². The van der Waals surface area contributed by atoms with Crippen LogP contribution in [0.4, 0.5) is 0 Å². The number of furan rings is 1. The van der Waals surface area contributed by atoms with E-state index in [1.165, 1.54) is 109 Å². The average Bonchev–Trinajstić information content (AvgIpc) is 3.65. The van der Waals surface area contributed by atoms with Crippen molar-refractivity contribution in [2.75, 3.05) is 0 Å². The SMILES string of the molecule is c1ccc2cc3c(cc2c1)oc1cc2c4ccc(-c5ccc(-c6ccc(-c7ccc8c(ccc9ccccc98)c7)c7ccccc67)cc5)cc4c4ccccc4c2cc13. The summed E-state index contributed by atoms with van der Waals surface area (Å²) in [4.78, 5) is 0. The number of rotatable bonds is 3. The minimum atomic E-state index is 0.922. The number of fused-ring (bicyclic) bond motifs is 14. The van der Waals surface area contributed by atoms with Gasteiger partial charge in [0.1, 0.15) is 11.2 Å². The molecule has 13 aromatic rings. The molecule has 0 saturated carbocycles. The molecular weight excluding hydrogens is 713 g/mol. The molecule has 0 spiro atoms. The van der Waals surface area contributed by atoms with E-state index in [0.717, 1.165) is 21.9 Å². The first-order chi connectivity index (χ1) is 29.2. The smallest absolute Gasteiger partial charge is 0.136 e. The Morgan fingerprint density at radius 2 is 0.678 bits per heavy atom. The first kappa shape index (κ1) is 32.4. The first-order valence-corrected chi connectivity index (χ1v) is 20.4. The monoisotopic (exact) mass is 746 g/mol. The predicted octanol–water partition coefficient (Wildman–Crippen LogP) is 16.7. The molecule has 272 valence electrons. The van der Waals surface area contributed by atoms with Crippen LogP contribution < -0.4 is 0 Å². The quantitative estimate of drug-likeness (QED) is 0.164. The summed E-state index contributed by atoms with van der Waals surface area (Å²) in [6.07, 6.45) is 0. The Kier molecular flexibility index (Phi) is 6.79. The van der Waals surface area contributed by atoms with Crippen molar-refractivity contribution in [2.45, 2.75) is 0 Å². The van der Waals surface area contributed by atoms with Gasteiger partial charge in [-0.1, -0.05) is 170 Å². The summed E-state index contributed by atoms with van der Waals surface area (Å²) in [5.41, 5.74) is 9.19. The number of benzene rings is 12. The van der Waals surface area contributed by atoms with E-state index < -0.39 is 0 Å². The average molecular weight is 747 g/mol. The van der Waals surface area contributed by atoms with Crippen LogP contribution in [0.3, 0.4) is 0 Å². The molecule has 0 fully saturated rings. The van der Waals surface area contributed by atoms with E-state index in [1.807, 2.05) is 0 Å². The summed E-state index contributed by atoms with van der Waals surface area (Å²) in [7, 11) is 0. The third kappa shape index (κ3) is 4.92. The second-order valence-electron chi connectivity index (χ2n) is 16.0. The zero-order valence-corrected chi connectivity index (χ0v) is 32.0. The van der Waals surface area contributed by atoms with Crippen molar-refractivity contribution < 1.29 is 4.42 Å². The second kappa shape index (κ2) is 12.4. The summed E-state index contributed by atoms with van der Waals surface area (Å²) in [6, 6.07) is 75.9. The molecule has 13 rings (SSSR count). The zero-order valence-electron chi connectivity index (χ0n) is 32.0. The normalized spacial score (nSPS) is 12.1. The highest BCUT2D eigenvalue weighted by molar-refractivity contribution is 6.29. The Balaban J connectivity index is 0.901. The van der Waals surface area contributed by atoms with Gasteiger partial charge in [-0.15, -0.1) is 0 Å². The van der Waals surface area contributed by atoms with Gasteiger partial charge in [0.05, 0.1) is 0 Å². The fraction of sp³-hybridized carbons (Fsp3) is 0. The molecule has 0 unspecified atom stereocenters. The Morgan fingerprint density at radius 3 is 1.44 bits per heavy atom. The molecule has 12 aromatic carbocycles. The van der Waals surface area contributed by atoms with Crippen molar-refractivity contribution in [1.82, 2.24) is 0 Å². The molecule has 0 N–H and O–H groups in total. The van der Waals surface area contributed by atoms with Crippen molar-refractivity contribution in [1.29, 1.82) is 0 Å². The summed E-state index contributed by atoms with van der Waals surface area (Å²) < 4.78 is 6.55. The lowest BCUT2D eigenvalue weighted by Crippen LogP contribution is -1.88. The van der Waals surface area contributed by atoms with Gasteiger partial charge in [-0.3, -0.25) is 0 Å². The highest BCUT2D eigenvalue weighted by atomic mass is 16.3. The Hall–Kier alpha value is -7.74.